The number of hydrogen-bond acceptors (Lipinski definition) is 4. The van der Waals surface area contributed by atoms with Crippen LogP contribution >= 0.6 is 0 Å². The average Bonchev–Trinajstić information content (AvgIpc) is 2.88. The molecule has 2 aromatic carbocycles. The van der Waals surface area contributed by atoms with E-state index in [-0.39, 0.29) is 5.82 Å². The normalized spacial score (nSPS) is 20.0. The van der Waals surface area contributed by atoms with Gasteiger partial charge in [-0.05, 0) is 73.9 Å². The fraction of sp³-hybridized carbons (Fsp3) is 0.478. The molecule has 2 aliphatic rings. The molecular formula is C23H30FN3O. The number of nitrogens with zero attached hydrogens (tertiary/aromatic N) is 3. The van der Waals surface area contributed by atoms with Crippen molar-refractivity contribution >= 4 is 0 Å². The molecule has 150 valence electrons. The highest BCUT2D eigenvalue weighted by Crippen LogP contribution is 2.26. The Morgan fingerprint density at radius 3 is 2.46 bits per heavy atom. The minimum Gasteiger partial charge on any atom is -0.497 e. The summed E-state index contributed by atoms with van der Waals surface area (Å²) in [5.41, 5.74) is 3.65. The van der Waals surface area contributed by atoms with E-state index in [2.05, 4.69) is 33.9 Å². The molecule has 1 saturated heterocycles. The van der Waals surface area contributed by atoms with Crippen LogP contribution in [0.3, 0.4) is 0 Å². The Morgan fingerprint density at radius 2 is 1.75 bits per heavy atom. The lowest BCUT2D eigenvalue weighted by molar-refractivity contribution is 0.0540. The Balaban J connectivity index is 1.55. The lowest BCUT2D eigenvalue weighted by Crippen LogP contribution is -2.46. The summed E-state index contributed by atoms with van der Waals surface area (Å²) in [6.07, 6.45) is 2.36. The van der Waals surface area contributed by atoms with E-state index in [1.165, 1.54) is 24.0 Å². The number of rotatable bonds is 4. The Hall–Kier alpha value is -1.95. The zero-order chi connectivity index (χ0) is 19.5. The molecule has 0 N–H and O–H groups in total. The van der Waals surface area contributed by atoms with Gasteiger partial charge in [-0.25, -0.2) is 4.39 Å². The van der Waals surface area contributed by atoms with Crippen molar-refractivity contribution in [3.8, 4) is 5.75 Å². The van der Waals surface area contributed by atoms with Crippen LogP contribution in [-0.4, -0.2) is 54.7 Å². The topological polar surface area (TPSA) is 19.0 Å². The molecule has 1 fully saturated rings. The second-order valence-electron chi connectivity index (χ2n) is 8.17. The molecule has 0 bridgehead atoms. The van der Waals surface area contributed by atoms with E-state index < -0.39 is 0 Å². The summed E-state index contributed by atoms with van der Waals surface area (Å²) < 4.78 is 19.2. The molecule has 0 radical (unpaired) electrons. The third kappa shape index (κ3) is 4.54. The molecule has 0 saturated carbocycles. The van der Waals surface area contributed by atoms with Crippen molar-refractivity contribution in [2.24, 2.45) is 0 Å². The largest absolute Gasteiger partial charge is 0.497 e. The molecule has 0 spiro atoms. The predicted molar refractivity (Wildman–Crippen MR) is 110 cm³/mol. The van der Waals surface area contributed by atoms with E-state index in [4.69, 9.17) is 4.74 Å². The summed E-state index contributed by atoms with van der Waals surface area (Å²) >= 11 is 0. The van der Waals surface area contributed by atoms with Crippen LogP contribution in [-0.2, 0) is 19.6 Å². The number of methoxy groups -OCH3 is 1. The molecule has 0 aliphatic carbocycles. The van der Waals surface area contributed by atoms with Crippen LogP contribution in [0.4, 0.5) is 4.39 Å². The van der Waals surface area contributed by atoms with Crippen molar-refractivity contribution in [2.75, 3.05) is 33.9 Å². The fourth-order valence-electron chi connectivity index (χ4n) is 4.41. The maximum atomic E-state index is 13.9. The van der Waals surface area contributed by atoms with Crippen LogP contribution in [0.2, 0.25) is 0 Å². The number of piperidine rings is 1. The highest BCUT2D eigenvalue weighted by Gasteiger charge is 2.28. The van der Waals surface area contributed by atoms with Crippen LogP contribution in [0.5, 0.6) is 5.75 Å². The van der Waals surface area contributed by atoms with Crippen molar-refractivity contribution in [1.29, 1.82) is 0 Å². The first-order chi connectivity index (χ1) is 13.6. The number of fused-ring (bicyclic) bond motifs is 1. The fourth-order valence-corrected chi connectivity index (χ4v) is 4.41. The summed E-state index contributed by atoms with van der Waals surface area (Å²) in [7, 11) is 3.89. The van der Waals surface area contributed by atoms with Crippen LogP contribution in [0.1, 0.15) is 29.5 Å². The molecule has 2 aliphatic heterocycles. The van der Waals surface area contributed by atoms with Crippen molar-refractivity contribution in [1.82, 2.24) is 14.7 Å². The van der Waals surface area contributed by atoms with Crippen molar-refractivity contribution in [3.05, 3.63) is 65.0 Å². The van der Waals surface area contributed by atoms with E-state index in [9.17, 15) is 4.39 Å². The molecule has 5 heteroatoms. The molecular weight excluding hydrogens is 353 g/mol. The number of ether oxygens (including phenoxy) is 1. The van der Waals surface area contributed by atoms with E-state index in [1.807, 2.05) is 18.2 Å². The van der Waals surface area contributed by atoms with Gasteiger partial charge in [0.05, 0.1) is 13.8 Å². The molecule has 4 nitrogen and oxygen atoms in total. The lowest BCUT2D eigenvalue weighted by atomic mass is 10.0. The Kier molecular flexibility index (Phi) is 5.95. The van der Waals surface area contributed by atoms with E-state index >= 15 is 0 Å². The molecule has 28 heavy (non-hydrogen) atoms. The highest BCUT2D eigenvalue weighted by atomic mass is 19.1. The first kappa shape index (κ1) is 19.4. The molecule has 0 amide bonds. The Bertz CT molecular complexity index is 787. The first-order valence-electron chi connectivity index (χ1n) is 10.2. The first-order valence-corrected chi connectivity index (χ1v) is 10.2. The van der Waals surface area contributed by atoms with Gasteiger partial charge in [0, 0.05) is 25.7 Å². The number of hydrogen-bond donors (Lipinski definition) is 0. The quantitative estimate of drug-likeness (QED) is 0.801. The molecule has 2 aromatic rings. The maximum absolute atomic E-state index is 13.9. The third-order valence-electron chi connectivity index (χ3n) is 6.09. The predicted octanol–water partition coefficient (Wildman–Crippen LogP) is 3.70. The molecule has 0 unspecified atom stereocenters. The van der Waals surface area contributed by atoms with Gasteiger partial charge in [-0.2, -0.15) is 0 Å². The second-order valence-corrected chi connectivity index (χ2v) is 8.17. The zero-order valence-corrected chi connectivity index (χ0v) is 16.9. The maximum Gasteiger partial charge on any atom is 0.123 e. The smallest absolute Gasteiger partial charge is 0.123 e. The summed E-state index contributed by atoms with van der Waals surface area (Å²) in [6.45, 7) is 5.75. The summed E-state index contributed by atoms with van der Waals surface area (Å²) in [5, 5.41) is 0. The van der Waals surface area contributed by atoms with E-state index in [0.29, 0.717) is 6.04 Å². The van der Waals surface area contributed by atoms with Crippen LogP contribution in [0, 0.1) is 5.82 Å². The third-order valence-corrected chi connectivity index (χ3v) is 6.09. The van der Waals surface area contributed by atoms with Gasteiger partial charge in [0.15, 0.2) is 0 Å². The van der Waals surface area contributed by atoms with Gasteiger partial charge in [0.25, 0.3) is 0 Å². The van der Waals surface area contributed by atoms with E-state index in [1.54, 1.807) is 19.2 Å². The Labute approximate surface area is 167 Å². The summed E-state index contributed by atoms with van der Waals surface area (Å²) in [5.74, 6) is 0.749. The van der Waals surface area contributed by atoms with Crippen LogP contribution in [0.15, 0.2) is 42.5 Å². The average molecular weight is 384 g/mol. The van der Waals surface area contributed by atoms with Gasteiger partial charge in [-0.15, -0.1) is 0 Å². The Morgan fingerprint density at radius 1 is 1.00 bits per heavy atom. The van der Waals surface area contributed by atoms with E-state index in [0.717, 1.165) is 50.7 Å². The van der Waals surface area contributed by atoms with Crippen molar-refractivity contribution in [2.45, 2.75) is 38.5 Å². The highest BCUT2D eigenvalue weighted by molar-refractivity contribution is 5.30. The van der Waals surface area contributed by atoms with Gasteiger partial charge >= 0.3 is 0 Å². The lowest BCUT2D eigenvalue weighted by Gasteiger charge is -2.38. The van der Waals surface area contributed by atoms with Crippen molar-refractivity contribution < 1.29 is 9.13 Å². The molecule has 4 rings (SSSR count). The summed E-state index contributed by atoms with van der Waals surface area (Å²) in [6, 6.07) is 14.2. The van der Waals surface area contributed by atoms with Gasteiger partial charge < -0.3 is 9.64 Å². The monoisotopic (exact) mass is 383 g/mol. The van der Waals surface area contributed by atoms with Gasteiger partial charge in [0.2, 0.25) is 0 Å². The van der Waals surface area contributed by atoms with Gasteiger partial charge in [0.1, 0.15) is 11.6 Å². The minimum absolute atomic E-state index is 0.134. The number of benzene rings is 2. The van der Waals surface area contributed by atoms with Crippen LogP contribution in [0.25, 0.3) is 0 Å². The number of halogens is 1. The molecule has 0 atom stereocenters. The van der Waals surface area contributed by atoms with Gasteiger partial charge in [-0.1, -0.05) is 18.2 Å². The molecule has 2 heterocycles. The summed E-state index contributed by atoms with van der Waals surface area (Å²) in [4.78, 5) is 7.43. The minimum atomic E-state index is -0.134. The van der Waals surface area contributed by atoms with Crippen LogP contribution < -0.4 is 4.74 Å². The number of likely N-dealkylation sites (tertiary alicyclic amines) is 1. The van der Waals surface area contributed by atoms with Crippen molar-refractivity contribution in [3.63, 3.8) is 0 Å². The van der Waals surface area contributed by atoms with Gasteiger partial charge in [-0.3, -0.25) is 9.80 Å². The standard InChI is InChI=1S/C23H30FN3O/c1-25-11-9-22(10-12-25)27-16-20-13-21(24)6-5-19(20)15-26(17-27)14-18-3-7-23(28-2)8-4-18/h3-8,13,22H,9-12,14-17H2,1-2H3. The second kappa shape index (κ2) is 8.60. The zero-order valence-electron chi connectivity index (χ0n) is 16.9. The molecule has 0 aromatic heterocycles. The SMILES string of the molecule is COc1ccc(CN2Cc3ccc(F)cc3CN(C3CCN(C)CC3)C2)cc1.